The Balaban J connectivity index is 1.71. The van der Waals surface area contributed by atoms with E-state index >= 15 is 0 Å². The van der Waals surface area contributed by atoms with E-state index in [0.717, 1.165) is 11.3 Å². The zero-order chi connectivity index (χ0) is 19.3. The monoisotopic (exact) mass is 413 g/mol. The molecule has 142 valence electrons. The Morgan fingerprint density at radius 2 is 1.86 bits per heavy atom. The minimum absolute atomic E-state index is 0.0887. The van der Waals surface area contributed by atoms with E-state index in [1.165, 1.54) is 0 Å². The fourth-order valence-electron chi connectivity index (χ4n) is 3.69. The topological polar surface area (TPSA) is 58.3 Å². The van der Waals surface area contributed by atoms with Crippen LogP contribution in [-0.4, -0.2) is 39.1 Å². The molecule has 2 aromatic carbocycles. The minimum Gasteiger partial charge on any atom is -0.343 e. The zero-order valence-electron chi connectivity index (χ0n) is 14.7. The first-order valence-electron chi connectivity index (χ1n) is 8.95. The standard InChI is InChI=1S/C20H16ClN3O3S/c21-14-9-5-4-8-13(14)18-22-24(15-10-16(25)19-26-11-17(15)27-19)20(28)23(18)12-6-2-1-3-7-12/h1-9,15,17,19H,10-11H2/t15-,17+,19-/m1/s1. The maximum absolute atomic E-state index is 12.3. The van der Waals surface area contributed by atoms with Crippen LogP contribution in [-0.2, 0) is 14.3 Å². The Kier molecular flexibility index (Phi) is 4.40. The molecule has 0 amide bonds. The third kappa shape index (κ3) is 2.82. The van der Waals surface area contributed by atoms with Gasteiger partial charge in [-0.3, -0.25) is 9.36 Å². The SMILES string of the molecule is O=C1C[C@@H](n2nc(-c3ccccc3Cl)n(-c3ccccc3)c2=S)[C@@H]2CO[C@@H]1O2. The summed E-state index contributed by atoms with van der Waals surface area (Å²) < 4.78 is 15.2. The van der Waals surface area contributed by atoms with Crippen LogP contribution in [0.4, 0.5) is 0 Å². The summed E-state index contributed by atoms with van der Waals surface area (Å²) >= 11 is 12.2. The van der Waals surface area contributed by atoms with Crippen LogP contribution in [0.25, 0.3) is 17.1 Å². The number of nitrogens with zero attached hydrogens (tertiary/aromatic N) is 3. The van der Waals surface area contributed by atoms with Crippen molar-refractivity contribution < 1.29 is 14.3 Å². The molecule has 2 aliphatic rings. The van der Waals surface area contributed by atoms with Crippen molar-refractivity contribution in [3.8, 4) is 17.1 Å². The Bertz CT molecular complexity index is 1110. The molecule has 1 aromatic heterocycles. The van der Waals surface area contributed by atoms with Crippen molar-refractivity contribution >= 4 is 29.6 Å². The van der Waals surface area contributed by atoms with Gasteiger partial charge in [-0.1, -0.05) is 41.9 Å². The van der Waals surface area contributed by atoms with Crippen LogP contribution in [0.2, 0.25) is 5.02 Å². The van der Waals surface area contributed by atoms with Crippen molar-refractivity contribution in [2.45, 2.75) is 24.9 Å². The van der Waals surface area contributed by atoms with E-state index in [1.807, 2.05) is 59.2 Å². The van der Waals surface area contributed by atoms with Gasteiger partial charge in [0.05, 0.1) is 17.7 Å². The second-order valence-electron chi connectivity index (χ2n) is 6.78. The number of ether oxygens (including phenoxy) is 2. The number of hydrogen-bond acceptors (Lipinski definition) is 5. The molecule has 0 unspecified atom stereocenters. The van der Waals surface area contributed by atoms with Gasteiger partial charge in [-0.2, -0.15) is 5.10 Å². The maximum Gasteiger partial charge on any atom is 0.218 e. The highest BCUT2D eigenvalue weighted by Crippen LogP contribution is 2.35. The van der Waals surface area contributed by atoms with Crippen LogP contribution in [0.15, 0.2) is 54.6 Å². The van der Waals surface area contributed by atoms with Crippen molar-refractivity contribution in [3.63, 3.8) is 0 Å². The number of carbonyl (C=O) groups excluding carboxylic acids is 1. The molecule has 8 heteroatoms. The lowest BCUT2D eigenvalue weighted by Crippen LogP contribution is -2.37. The molecule has 2 aliphatic heterocycles. The van der Waals surface area contributed by atoms with E-state index in [9.17, 15) is 4.79 Å². The molecular formula is C20H16ClN3O3S. The predicted molar refractivity (Wildman–Crippen MR) is 106 cm³/mol. The number of hydrogen-bond donors (Lipinski definition) is 0. The van der Waals surface area contributed by atoms with Crippen LogP contribution >= 0.6 is 23.8 Å². The van der Waals surface area contributed by atoms with Gasteiger partial charge in [-0.15, -0.1) is 0 Å². The number of aromatic nitrogens is 3. The lowest BCUT2D eigenvalue weighted by molar-refractivity contribution is -0.156. The smallest absolute Gasteiger partial charge is 0.218 e. The number of ketones is 1. The van der Waals surface area contributed by atoms with Gasteiger partial charge in [0.25, 0.3) is 0 Å². The molecule has 5 rings (SSSR count). The average Bonchev–Trinajstić information content (AvgIpc) is 3.29. The summed E-state index contributed by atoms with van der Waals surface area (Å²) in [4.78, 5) is 12.3. The number of rotatable bonds is 3. The van der Waals surface area contributed by atoms with Crippen LogP contribution in [0.5, 0.6) is 0 Å². The molecule has 2 saturated heterocycles. The van der Waals surface area contributed by atoms with Gasteiger partial charge in [0.1, 0.15) is 6.10 Å². The molecule has 3 heterocycles. The van der Waals surface area contributed by atoms with Crippen molar-refractivity contribution in [1.82, 2.24) is 14.3 Å². The first-order valence-corrected chi connectivity index (χ1v) is 9.74. The highest BCUT2D eigenvalue weighted by atomic mass is 35.5. The molecule has 2 bridgehead atoms. The molecule has 3 aromatic rings. The van der Waals surface area contributed by atoms with Gasteiger partial charge in [-0.25, -0.2) is 4.68 Å². The summed E-state index contributed by atoms with van der Waals surface area (Å²) in [6.45, 7) is 0.350. The highest BCUT2D eigenvalue weighted by Gasteiger charge is 2.45. The summed E-state index contributed by atoms with van der Waals surface area (Å²) in [6.07, 6.45) is -0.737. The van der Waals surface area contributed by atoms with E-state index in [1.54, 1.807) is 4.68 Å². The molecular weight excluding hydrogens is 398 g/mol. The number of benzene rings is 2. The summed E-state index contributed by atoms with van der Waals surface area (Å²) in [5.74, 6) is 0.532. The van der Waals surface area contributed by atoms with Crippen molar-refractivity contribution in [3.05, 3.63) is 64.4 Å². The minimum atomic E-state index is -0.755. The molecule has 2 fully saturated rings. The molecule has 0 saturated carbocycles. The fourth-order valence-corrected chi connectivity index (χ4v) is 4.28. The van der Waals surface area contributed by atoms with Gasteiger partial charge >= 0.3 is 0 Å². The largest absolute Gasteiger partial charge is 0.343 e. The molecule has 6 nitrogen and oxygen atoms in total. The second kappa shape index (κ2) is 6.93. The molecule has 0 radical (unpaired) electrons. The van der Waals surface area contributed by atoms with E-state index in [2.05, 4.69) is 0 Å². The van der Waals surface area contributed by atoms with E-state index < -0.39 is 6.29 Å². The molecule has 28 heavy (non-hydrogen) atoms. The first kappa shape index (κ1) is 17.8. The quantitative estimate of drug-likeness (QED) is 0.608. The van der Waals surface area contributed by atoms with E-state index in [4.69, 9.17) is 38.4 Å². The Morgan fingerprint density at radius 3 is 2.64 bits per heavy atom. The number of Topliss-reactive ketones (excluding diaryl/α,β-unsaturated/α-hetero) is 1. The second-order valence-corrected chi connectivity index (χ2v) is 7.55. The van der Waals surface area contributed by atoms with Crippen LogP contribution < -0.4 is 0 Å². The number of carbonyl (C=O) groups is 1. The summed E-state index contributed by atoms with van der Waals surface area (Å²) in [5.41, 5.74) is 1.64. The highest BCUT2D eigenvalue weighted by molar-refractivity contribution is 7.71. The van der Waals surface area contributed by atoms with Crippen LogP contribution in [0.3, 0.4) is 0 Å². The van der Waals surface area contributed by atoms with Gasteiger partial charge in [0.15, 0.2) is 11.6 Å². The van der Waals surface area contributed by atoms with Crippen molar-refractivity contribution in [2.24, 2.45) is 0 Å². The Labute approximate surface area is 171 Å². The van der Waals surface area contributed by atoms with Gasteiger partial charge in [0, 0.05) is 17.7 Å². The normalized spacial score (nSPS) is 23.9. The molecule has 0 aliphatic carbocycles. The lowest BCUT2D eigenvalue weighted by Gasteiger charge is -2.26. The van der Waals surface area contributed by atoms with Crippen molar-refractivity contribution in [2.75, 3.05) is 6.61 Å². The van der Waals surface area contributed by atoms with Crippen LogP contribution in [0.1, 0.15) is 12.5 Å². The van der Waals surface area contributed by atoms with Gasteiger partial charge in [-0.05, 0) is 36.5 Å². The average molecular weight is 414 g/mol. The number of halogens is 1. The third-order valence-electron chi connectivity index (χ3n) is 5.06. The first-order chi connectivity index (χ1) is 13.6. The Hall–Kier alpha value is -2.32. The fraction of sp³-hybridized carbons (Fsp3) is 0.250. The van der Waals surface area contributed by atoms with E-state index in [-0.39, 0.29) is 24.3 Å². The maximum atomic E-state index is 12.3. The third-order valence-corrected chi connectivity index (χ3v) is 5.76. The zero-order valence-corrected chi connectivity index (χ0v) is 16.3. The number of para-hydroxylation sites is 1. The number of fused-ring (bicyclic) bond motifs is 2. The molecule has 0 N–H and O–H groups in total. The molecule has 3 atom stereocenters. The summed E-state index contributed by atoms with van der Waals surface area (Å²) in [5, 5.41) is 5.37. The van der Waals surface area contributed by atoms with E-state index in [0.29, 0.717) is 22.2 Å². The predicted octanol–water partition coefficient (Wildman–Crippen LogP) is 3.98. The Morgan fingerprint density at radius 1 is 1.11 bits per heavy atom. The van der Waals surface area contributed by atoms with Crippen LogP contribution in [0, 0.1) is 4.77 Å². The lowest BCUT2D eigenvalue weighted by atomic mass is 10.0. The van der Waals surface area contributed by atoms with Gasteiger partial charge < -0.3 is 9.47 Å². The summed E-state index contributed by atoms with van der Waals surface area (Å²) in [6, 6.07) is 16.9. The van der Waals surface area contributed by atoms with Gasteiger partial charge in [0.2, 0.25) is 11.1 Å². The summed E-state index contributed by atoms with van der Waals surface area (Å²) in [7, 11) is 0. The van der Waals surface area contributed by atoms with Crippen molar-refractivity contribution in [1.29, 1.82) is 0 Å². The molecule has 0 spiro atoms.